The highest BCUT2D eigenvalue weighted by atomic mass is 19.4. The van der Waals surface area contributed by atoms with Crippen LogP contribution >= 0.6 is 0 Å². The van der Waals surface area contributed by atoms with Crippen molar-refractivity contribution >= 4 is 5.97 Å². The largest absolute Gasteiger partial charge is 0.458 e. The van der Waals surface area contributed by atoms with Gasteiger partial charge in [-0.2, -0.15) is 26.3 Å². The van der Waals surface area contributed by atoms with Gasteiger partial charge in [0, 0.05) is 0 Å². The lowest BCUT2D eigenvalue weighted by Crippen LogP contribution is -2.62. The number of ether oxygens (including phenoxy) is 1. The van der Waals surface area contributed by atoms with Crippen molar-refractivity contribution in [3.63, 3.8) is 0 Å². The van der Waals surface area contributed by atoms with Gasteiger partial charge in [0.2, 0.25) is 0 Å². The van der Waals surface area contributed by atoms with E-state index < -0.39 is 35.3 Å². The van der Waals surface area contributed by atoms with E-state index in [1.165, 1.54) is 0 Å². The molecule has 23 heavy (non-hydrogen) atoms. The van der Waals surface area contributed by atoms with E-state index in [2.05, 4.69) is 0 Å². The molecule has 2 aliphatic carbocycles. The van der Waals surface area contributed by atoms with Crippen molar-refractivity contribution in [1.82, 2.24) is 0 Å². The average molecular weight is 346 g/mol. The number of carbonyl (C=O) groups is 1. The van der Waals surface area contributed by atoms with Crippen molar-refractivity contribution in [1.29, 1.82) is 0 Å². The molecule has 134 valence electrons. The van der Waals surface area contributed by atoms with Gasteiger partial charge in [0.1, 0.15) is 5.60 Å². The number of alkyl halides is 6. The van der Waals surface area contributed by atoms with Crippen LogP contribution in [0.1, 0.15) is 46.5 Å². The maximum absolute atomic E-state index is 13.2. The number of hydrogen-bond donors (Lipinski definition) is 0. The molecule has 2 rings (SSSR count). The molecule has 0 radical (unpaired) electrons. The van der Waals surface area contributed by atoms with Crippen molar-refractivity contribution < 1.29 is 35.9 Å². The Morgan fingerprint density at radius 3 is 1.78 bits per heavy atom. The molecule has 0 amide bonds. The molecule has 2 nitrogen and oxygen atoms in total. The van der Waals surface area contributed by atoms with E-state index in [1.54, 1.807) is 0 Å². The van der Waals surface area contributed by atoms with Crippen LogP contribution in [0.4, 0.5) is 26.3 Å². The van der Waals surface area contributed by atoms with E-state index in [0.29, 0.717) is 26.2 Å². The van der Waals surface area contributed by atoms with Crippen LogP contribution in [0, 0.1) is 23.2 Å². The summed E-state index contributed by atoms with van der Waals surface area (Å²) in [6.45, 7) is 1.40. The molecule has 2 aliphatic rings. The van der Waals surface area contributed by atoms with Crippen LogP contribution in [-0.4, -0.2) is 23.9 Å². The summed E-state index contributed by atoms with van der Waals surface area (Å²) in [6.07, 6.45) is -8.15. The Bertz CT molecular complexity index is 465. The van der Waals surface area contributed by atoms with Crippen molar-refractivity contribution in [2.45, 2.75) is 64.4 Å². The Labute approximate surface area is 130 Å². The van der Waals surface area contributed by atoms with Gasteiger partial charge >= 0.3 is 18.3 Å². The van der Waals surface area contributed by atoms with Gasteiger partial charge in [0.25, 0.3) is 0 Å². The van der Waals surface area contributed by atoms with Gasteiger partial charge in [-0.3, -0.25) is 4.79 Å². The van der Waals surface area contributed by atoms with Crippen LogP contribution in [0.5, 0.6) is 0 Å². The standard InChI is InChI=1S/C15H20F6O2/c1-12(2,13(3,14(16,17)18)15(19,20)21)23-11(22)10-7-8-4-5-9(10)6-8/h8-10H,4-7H2,1-3H3. The fraction of sp³-hybridized carbons (Fsp3) is 0.933. The third-order valence-corrected chi connectivity index (χ3v) is 5.73. The second kappa shape index (κ2) is 5.28. The molecule has 0 heterocycles. The predicted molar refractivity (Wildman–Crippen MR) is 69.3 cm³/mol. The van der Waals surface area contributed by atoms with E-state index in [1.807, 2.05) is 0 Å². The number of halogens is 6. The predicted octanol–water partition coefficient (Wildman–Crippen LogP) is 4.88. The molecule has 0 saturated heterocycles. The van der Waals surface area contributed by atoms with Crippen LogP contribution in [0.3, 0.4) is 0 Å². The number of rotatable bonds is 3. The van der Waals surface area contributed by atoms with Gasteiger partial charge in [-0.1, -0.05) is 6.42 Å². The number of hydrogen-bond acceptors (Lipinski definition) is 2. The Morgan fingerprint density at radius 1 is 0.913 bits per heavy atom. The molecule has 0 spiro atoms. The molecule has 2 saturated carbocycles. The Hall–Kier alpha value is -0.950. The van der Waals surface area contributed by atoms with E-state index in [4.69, 9.17) is 4.74 Å². The van der Waals surface area contributed by atoms with Crippen molar-refractivity contribution in [2.75, 3.05) is 0 Å². The van der Waals surface area contributed by atoms with E-state index in [9.17, 15) is 31.1 Å². The highest BCUT2D eigenvalue weighted by Crippen LogP contribution is 2.58. The lowest BCUT2D eigenvalue weighted by molar-refractivity contribution is -0.377. The van der Waals surface area contributed by atoms with Crippen molar-refractivity contribution in [3.05, 3.63) is 0 Å². The number of fused-ring (bicyclic) bond motifs is 2. The first-order valence-corrected chi connectivity index (χ1v) is 7.57. The highest BCUT2D eigenvalue weighted by Gasteiger charge is 2.75. The van der Waals surface area contributed by atoms with Gasteiger partial charge in [0.15, 0.2) is 5.41 Å². The zero-order valence-electron chi connectivity index (χ0n) is 13.1. The first kappa shape index (κ1) is 18.4. The van der Waals surface area contributed by atoms with E-state index in [-0.39, 0.29) is 12.8 Å². The van der Waals surface area contributed by atoms with Gasteiger partial charge in [-0.25, -0.2) is 0 Å². The Balaban J connectivity index is 2.23. The fourth-order valence-electron chi connectivity index (χ4n) is 3.81. The zero-order chi connectivity index (χ0) is 17.8. The maximum Gasteiger partial charge on any atom is 0.406 e. The third kappa shape index (κ3) is 2.82. The summed E-state index contributed by atoms with van der Waals surface area (Å²) in [5.41, 5.74) is -6.89. The fourth-order valence-corrected chi connectivity index (χ4v) is 3.81. The molecule has 0 aromatic heterocycles. The molecule has 2 fully saturated rings. The normalized spacial score (nSPS) is 29.0. The summed E-state index contributed by atoms with van der Waals surface area (Å²) in [6, 6.07) is 0. The SMILES string of the molecule is CC(C)(OC(=O)C1CC2CCC1C2)C(C)(C(F)(F)F)C(F)(F)F. The molecule has 0 aromatic rings. The lowest BCUT2D eigenvalue weighted by atomic mass is 9.73. The molecule has 2 bridgehead atoms. The summed E-state index contributed by atoms with van der Waals surface area (Å²) in [4.78, 5) is 12.2. The average Bonchev–Trinajstić information content (AvgIpc) is 2.96. The van der Waals surface area contributed by atoms with Crippen LogP contribution in [0.15, 0.2) is 0 Å². The number of carbonyl (C=O) groups excluding carboxylic acids is 1. The smallest absolute Gasteiger partial charge is 0.406 e. The van der Waals surface area contributed by atoms with Crippen LogP contribution < -0.4 is 0 Å². The van der Waals surface area contributed by atoms with Gasteiger partial charge < -0.3 is 4.74 Å². The quantitative estimate of drug-likeness (QED) is 0.538. The summed E-state index contributed by atoms with van der Waals surface area (Å²) in [5, 5.41) is 0. The molecule has 0 N–H and O–H groups in total. The van der Waals surface area contributed by atoms with E-state index >= 15 is 0 Å². The topological polar surface area (TPSA) is 26.3 Å². The highest BCUT2D eigenvalue weighted by molar-refractivity contribution is 5.74. The molecule has 8 heteroatoms. The Morgan fingerprint density at radius 2 is 1.43 bits per heavy atom. The van der Waals surface area contributed by atoms with Crippen LogP contribution in [0.2, 0.25) is 0 Å². The van der Waals surface area contributed by atoms with Gasteiger partial charge in [-0.15, -0.1) is 0 Å². The second-order valence-electron chi connectivity index (χ2n) is 7.33. The van der Waals surface area contributed by atoms with E-state index in [0.717, 1.165) is 19.3 Å². The summed E-state index contributed by atoms with van der Waals surface area (Å²) < 4.78 is 83.8. The monoisotopic (exact) mass is 346 g/mol. The summed E-state index contributed by atoms with van der Waals surface area (Å²) in [5.74, 6) is -1.18. The number of esters is 1. The first-order chi connectivity index (χ1) is 10.2. The summed E-state index contributed by atoms with van der Waals surface area (Å²) >= 11 is 0. The third-order valence-electron chi connectivity index (χ3n) is 5.73. The second-order valence-corrected chi connectivity index (χ2v) is 7.33. The lowest BCUT2D eigenvalue weighted by Gasteiger charge is -2.45. The first-order valence-electron chi connectivity index (χ1n) is 7.57. The minimum atomic E-state index is -5.59. The van der Waals surface area contributed by atoms with Crippen LogP contribution in [-0.2, 0) is 9.53 Å². The minimum absolute atomic E-state index is 0.0197. The molecule has 0 aliphatic heterocycles. The molecule has 0 aromatic carbocycles. The molecule has 3 unspecified atom stereocenters. The molecular formula is C15H20F6O2. The van der Waals surface area contributed by atoms with Crippen LogP contribution in [0.25, 0.3) is 0 Å². The zero-order valence-corrected chi connectivity index (χ0v) is 13.1. The van der Waals surface area contributed by atoms with Crippen molar-refractivity contribution in [3.8, 4) is 0 Å². The van der Waals surface area contributed by atoms with Gasteiger partial charge in [0.05, 0.1) is 5.92 Å². The van der Waals surface area contributed by atoms with Crippen molar-refractivity contribution in [2.24, 2.45) is 23.2 Å². The maximum atomic E-state index is 13.2. The summed E-state index contributed by atoms with van der Waals surface area (Å²) in [7, 11) is 0. The molecular weight excluding hydrogens is 326 g/mol. The van der Waals surface area contributed by atoms with Gasteiger partial charge in [-0.05, 0) is 51.9 Å². The minimum Gasteiger partial charge on any atom is -0.458 e. The molecule has 3 atom stereocenters. The Kier molecular flexibility index (Phi) is 4.22.